The minimum Gasteiger partial charge on any atom is -0.351 e. The van der Waals surface area contributed by atoms with Crippen LogP contribution < -0.4 is 5.32 Å². The zero-order valence-corrected chi connectivity index (χ0v) is 16.4. The highest BCUT2D eigenvalue weighted by atomic mass is 35.5. The molecule has 0 saturated heterocycles. The second kappa shape index (κ2) is 9.10. The molecule has 0 radical (unpaired) electrons. The van der Waals surface area contributed by atoms with Crippen molar-refractivity contribution >= 4 is 34.9 Å². The Balaban J connectivity index is 1.94. The summed E-state index contributed by atoms with van der Waals surface area (Å²) in [7, 11) is 0. The summed E-state index contributed by atoms with van der Waals surface area (Å²) in [5, 5.41) is 9.10. The maximum Gasteiger partial charge on any atom is 0.276 e. The first-order valence-electron chi connectivity index (χ1n) is 8.85. The van der Waals surface area contributed by atoms with Gasteiger partial charge < -0.3 is 10.2 Å². The third-order valence-electron chi connectivity index (χ3n) is 4.61. The number of carbonyl (C=O) groups is 2. The molecule has 1 aliphatic rings. The Hall–Kier alpha value is -2.25. The van der Waals surface area contributed by atoms with Crippen molar-refractivity contribution in [2.45, 2.75) is 37.8 Å². The van der Waals surface area contributed by atoms with Crippen LogP contribution >= 0.6 is 23.1 Å². The number of benzene rings is 1. The second-order valence-corrected chi connectivity index (χ2v) is 7.53. The Bertz CT molecular complexity index is 789. The van der Waals surface area contributed by atoms with Crippen molar-refractivity contribution in [3.05, 3.63) is 58.6 Å². The average Bonchev–Trinajstić information content (AvgIpc) is 3.36. The minimum atomic E-state index is -0.796. The van der Waals surface area contributed by atoms with E-state index in [1.807, 2.05) is 0 Å². The molecule has 2 aromatic rings. The summed E-state index contributed by atoms with van der Waals surface area (Å²) in [6.45, 7) is 3.95. The molecular formula is C19H21ClN4O2S. The van der Waals surface area contributed by atoms with E-state index in [1.54, 1.807) is 35.7 Å². The molecule has 0 unspecified atom stereocenters. The molecule has 1 aromatic carbocycles. The molecule has 1 N–H and O–H groups in total. The first-order valence-corrected chi connectivity index (χ1v) is 10.1. The molecule has 6 nitrogen and oxygen atoms in total. The average molecular weight is 405 g/mol. The summed E-state index contributed by atoms with van der Waals surface area (Å²) >= 11 is 7.10. The predicted octanol–water partition coefficient (Wildman–Crippen LogP) is 3.62. The first kappa shape index (κ1) is 19.5. The van der Waals surface area contributed by atoms with E-state index in [1.165, 1.54) is 4.90 Å². The van der Waals surface area contributed by atoms with Crippen molar-refractivity contribution < 1.29 is 9.59 Å². The van der Waals surface area contributed by atoms with Crippen molar-refractivity contribution in [3.8, 4) is 0 Å². The highest BCUT2D eigenvalue weighted by Gasteiger charge is 2.33. The van der Waals surface area contributed by atoms with Gasteiger partial charge >= 0.3 is 0 Å². The summed E-state index contributed by atoms with van der Waals surface area (Å²) in [5.74, 6) is -0.562. The molecule has 1 fully saturated rings. The number of carbonyl (C=O) groups excluding carboxylic acids is 2. The maximum absolute atomic E-state index is 13.2. The molecule has 1 aromatic heterocycles. The molecule has 27 heavy (non-hydrogen) atoms. The Morgan fingerprint density at radius 2 is 2.04 bits per heavy atom. The molecule has 1 heterocycles. The smallest absolute Gasteiger partial charge is 0.276 e. The molecule has 0 aliphatic heterocycles. The van der Waals surface area contributed by atoms with Gasteiger partial charge in [0.15, 0.2) is 5.69 Å². The summed E-state index contributed by atoms with van der Waals surface area (Å²) in [5.41, 5.74) is 0.905. The van der Waals surface area contributed by atoms with Crippen LogP contribution in [0.1, 0.15) is 47.8 Å². The van der Waals surface area contributed by atoms with Gasteiger partial charge in [-0.05, 0) is 42.1 Å². The number of nitrogens with one attached hydrogen (secondary N) is 1. The summed E-state index contributed by atoms with van der Waals surface area (Å²) in [4.78, 5) is 27.6. The Labute approximate surface area is 167 Å². The van der Waals surface area contributed by atoms with Crippen molar-refractivity contribution in [3.63, 3.8) is 0 Å². The molecule has 1 aliphatic carbocycles. The highest BCUT2D eigenvalue weighted by Crippen LogP contribution is 2.26. The normalized spacial score (nSPS) is 15.3. The van der Waals surface area contributed by atoms with Gasteiger partial charge in [-0.25, -0.2) is 0 Å². The van der Waals surface area contributed by atoms with E-state index in [9.17, 15) is 9.59 Å². The SMILES string of the molecule is C=CCN(C(=O)c1csnn1)[C@H](C(=O)NC1CCCC1)c1ccc(Cl)cc1. The number of rotatable bonds is 7. The van der Waals surface area contributed by atoms with Gasteiger partial charge in [-0.2, -0.15) is 0 Å². The maximum atomic E-state index is 13.2. The zero-order valence-electron chi connectivity index (χ0n) is 14.8. The summed E-state index contributed by atoms with van der Waals surface area (Å²) in [6, 6.07) is 6.32. The molecular weight excluding hydrogens is 384 g/mol. The predicted molar refractivity (Wildman–Crippen MR) is 106 cm³/mol. The van der Waals surface area contributed by atoms with E-state index in [4.69, 9.17) is 11.6 Å². The van der Waals surface area contributed by atoms with Crippen molar-refractivity contribution in [1.29, 1.82) is 0 Å². The number of hydrogen-bond acceptors (Lipinski definition) is 5. The van der Waals surface area contributed by atoms with Crippen LogP contribution in [0.2, 0.25) is 5.02 Å². The Morgan fingerprint density at radius 3 is 2.63 bits per heavy atom. The van der Waals surface area contributed by atoms with Crippen LogP contribution in [0.3, 0.4) is 0 Å². The van der Waals surface area contributed by atoms with Crippen molar-refractivity contribution in [1.82, 2.24) is 19.8 Å². The van der Waals surface area contributed by atoms with Crippen LogP contribution in [0.4, 0.5) is 0 Å². The first-order chi connectivity index (χ1) is 13.1. The number of hydrogen-bond donors (Lipinski definition) is 1. The number of nitrogens with zero attached hydrogens (tertiary/aromatic N) is 3. The van der Waals surface area contributed by atoms with Gasteiger partial charge in [-0.1, -0.05) is 47.1 Å². The molecule has 0 spiro atoms. The van der Waals surface area contributed by atoms with Crippen LogP contribution in [0.5, 0.6) is 0 Å². The topological polar surface area (TPSA) is 75.2 Å². The third-order valence-corrected chi connectivity index (χ3v) is 5.37. The third kappa shape index (κ3) is 4.73. The van der Waals surface area contributed by atoms with Gasteiger partial charge in [0.25, 0.3) is 5.91 Å². The van der Waals surface area contributed by atoms with E-state index in [0.29, 0.717) is 10.6 Å². The van der Waals surface area contributed by atoms with Gasteiger partial charge in [0.1, 0.15) is 6.04 Å². The van der Waals surface area contributed by atoms with E-state index in [-0.39, 0.29) is 30.1 Å². The largest absolute Gasteiger partial charge is 0.351 e. The van der Waals surface area contributed by atoms with Crippen LogP contribution in [-0.4, -0.2) is 38.9 Å². The van der Waals surface area contributed by atoms with Gasteiger partial charge in [-0.3, -0.25) is 9.59 Å². The van der Waals surface area contributed by atoms with Crippen LogP contribution in [-0.2, 0) is 4.79 Å². The van der Waals surface area contributed by atoms with Crippen molar-refractivity contribution in [2.75, 3.05) is 6.54 Å². The Morgan fingerprint density at radius 1 is 1.33 bits per heavy atom. The second-order valence-electron chi connectivity index (χ2n) is 6.48. The highest BCUT2D eigenvalue weighted by molar-refractivity contribution is 7.03. The standard InChI is InChI=1S/C19H21ClN4O2S/c1-2-11-24(19(26)16-12-27-23-22-16)17(13-7-9-14(20)10-8-13)18(25)21-15-5-3-4-6-15/h2,7-10,12,15,17H,1,3-6,11H2,(H,21,25)/t17-/m0/s1. The molecule has 3 rings (SSSR count). The monoisotopic (exact) mass is 404 g/mol. The van der Waals surface area contributed by atoms with E-state index < -0.39 is 6.04 Å². The lowest BCUT2D eigenvalue weighted by atomic mass is 10.0. The number of amides is 2. The Kier molecular flexibility index (Phi) is 6.58. The van der Waals surface area contributed by atoms with Crippen molar-refractivity contribution in [2.24, 2.45) is 0 Å². The molecule has 2 amide bonds. The fourth-order valence-electron chi connectivity index (χ4n) is 3.32. The molecule has 8 heteroatoms. The molecule has 0 bridgehead atoms. The van der Waals surface area contributed by atoms with E-state index in [2.05, 4.69) is 21.5 Å². The van der Waals surface area contributed by atoms with Gasteiger partial charge in [0.05, 0.1) is 0 Å². The zero-order chi connectivity index (χ0) is 19.2. The lowest BCUT2D eigenvalue weighted by Crippen LogP contribution is -2.46. The van der Waals surface area contributed by atoms with Crippen LogP contribution in [0, 0.1) is 0 Å². The number of halogens is 1. The minimum absolute atomic E-state index is 0.147. The van der Waals surface area contributed by atoms with Crippen LogP contribution in [0.25, 0.3) is 0 Å². The molecule has 1 saturated carbocycles. The fraction of sp³-hybridized carbons (Fsp3) is 0.368. The van der Waals surface area contributed by atoms with Crippen LogP contribution in [0.15, 0.2) is 42.3 Å². The molecule has 1 atom stereocenters. The fourth-order valence-corrected chi connectivity index (χ4v) is 3.87. The van der Waals surface area contributed by atoms with Gasteiger partial charge in [0, 0.05) is 23.0 Å². The van der Waals surface area contributed by atoms with Gasteiger partial charge in [0.2, 0.25) is 5.91 Å². The molecule has 142 valence electrons. The quantitative estimate of drug-likeness (QED) is 0.715. The lowest BCUT2D eigenvalue weighted by molar-refractivity contribution is -0.126. The van der Waals surface area contributed by atoms with E-state index >= 15 is 0 Å². The summed E-state index contributed by atoms with van der Waals surface area (Å²) < 4.78 is 3.76. The lowest BCUT2D eigenvalue weighted by Gasteiger charge is -2.31. The number of aromatic nitrogens is 2. The summed E-state index contributed by atoms with van der Waals surface area (Å²) in [6.07, 6.45) is 5.74. The van der Waals surface area contributed by atoms with E-state index in [0.717, 1.165) is 37.2 Å². The van der Waals surface area contributed by atoms with Gasteiger partial charge in [-0.15, -0.1) is 11.7 Å².